The van der Waals surface area contributed by atoms with Gasteiger partial charge in [-0.05, 0) is 35.9 Å². The lowest BCUT2D eigenvalue weighted by atomic mass is 9.87. The monoisotopic (exact) mass is 359 g/mol. The van der Waals surface area contributed by atoms with Crippen molar-refractivity contribution in [1.29, 1.82) is 0 Å². The molecule has 0 saturated carbocycles. The lowest BCUT2D eigenvalue weighted by Gasteiger charge is -2.24. The van der Waals surface area contributed by atoms with Crippen LogP contribution < -0.4 is 5.32 Å². The fourth-order valence-corrected chi connectivity index (χ4v) is 3.28. The Morgan fingerprint density at radius 2 is 1.92 bits per heavy atom. The van der Waals surface area contributed by atoms with E-state index in [-0.39, 0.29) is 12.3 Å². The SMILES string of the molecule is O=C1C[C@H](c2cc(F)cc(F)c2)c2cnn(-c3cccc(Cl)c3)c2N1. The van der Waals surface area contributed by atoms with Crippen LogP contribution in [0.5, 0.6) is 0 Å². The minimum atomic E-state index is -0.676. The number of hydrogen-bond donors (Lipinski definition) is 1. The second-order valence-corrected chi connectivity index (χ2v) is 6.28. The van der Waals surface area contributed by atoms with Crippen LogP contribution in [0.15, 0.2) is 48.7 Å². The van der Waals surface area contributed by atoms with Gasteiger partial charge in [0.05, 0.1) is 11.9 Å². The fourth-order valence-electron chi connectivity index (χ4n) is 3.10. The number of fused-ring (bicyclic) bond motifs is 1. The second kappa shape index (κ2) is 5.97. The van der Waals surface area contributed by atoms with Gasteiger partial charge in [-0.25, -0.2) is 13.5 Å². The average molecular weight is 360 g/mol. The molecule has 0 bridgehead atoms. The lowest BCUT2D eigenvalue weighted by Crippen LogP contribution is -2.24. The number of nitrogens with zero attached hydrogens (tertiary/aromatic N) is 2. The van der Waals surface area contributed by atoms with Gasteiger partial charge in [0.1, 0.15) is 17.5 Å². The molecule has 2 aromatic carbocycles. The topological polar surface area (TPSA) is 46.9 Å². The van der Waals surface area contributed by atoms with Crippen molar-refractivity contribution in [1.82, 2.24) is 9.78 Å². The van der Waals surface area contributed by atoms with E-state index in [1.54, 1.807) is 35.1 Å². The lowest BCUT2D eigenvalue weighted by molar-refractivity contribution is -0.116. The number of nitrogens with one attached hydrogen (secondary N) is 1. The molecule has 1 aromatic heterocycles. The highest BCUT2D eigenvalue weighted by atomic mass is 35.5. The summed E-state index contributed by atoms with van der Waals surface area (Å²) in [6.45, 7) is 0. The maximum absolute atomic E-state index is 13.6. The molecule has 1 aliphatic heterocycles. The van der Waals surface area contributed by atoms with Gasteiger partial charge in [-0.15, -0.1) is 0 Å². The molecule has 0 unspecified atom stereocenters. The zero-order valence-corrected chi connectivity index (χ0v) is 13.6. The van der Waals surface area contributed by atoms with Crippen molar-refractivity contribution in [2.45, 2.75) is 12.3 Å². The van der Waals surface area contributed by atoms with Crippen LogP contribution in [0.3, 0.4) is 0 Å². The third-order valence-electron chi connectivity index (χ3n) is 4.16. The Morgan fingerprint density at radius 1 is 1.16 bits per heavy atom. The van der Waals surface area contributed by atoms with Crippen LogP contribution >= 0.6 is 11.6 Å². The van der Waals surface area contributed by atoms with E-state index in [1.165, 1.54) is 12.1 Å². The quantitative estimate of drug-likeness (QED) is 0.742. The predicted molar refractivity (Wildman–Crippen MR) is 90.0 cm³/mol. The molecule has 0 radical (unpaired) electrons. The first-order valence-corrected chi connectivity index (χ1v) is 7.99. The van der Waals surface area contributed by atoms with E-state index in [0.717, 1.165) is 6.07 Å². The molecule has 1 amide bonds. The molecule has 0 spiro atoms. The van der Waals surface area contributed by atoms with E-state index >= 15 is 0 Å². The number of rotatable bonds is 2. The van der Waals surface area contributed by atoms with Crippen LogP contribution in [-0.2, 0) is 4.79 Å². The summed E-state index contributed by atoms with van der Waals surface area (Å²) in [5.41, 5.74) is 1.78. The maximum Gasteiger partial charge on any atom is 0.226 e. The van der Waals surface area contributed by atoms with Gasteiger partial charge in [-0.2, -0.15) is 5.10 Å². The number of hydrogen-bond acceptors (Lipinski definition) is 2. The van der Waals surface area contributed by atoms with Gasteiger partial charge in [0, 0.05) is 29.0 Å². The molecule has 4 rings (SSSR count). The number of halogens is 3. The first-order valence-electron chi connectivity index (χ1n) is 7.61. The summed E-state index contributed by atoms with van der Waals surface area (Å²) in [6.07, 6.45) is 1.69. The molecule has 4 nitrogen and oxygen atoms in total. The largest absolute Gasteiger partial charge is 0.310 e. The standard InChI is InChI=1S/C18H12ClF2N3O/c19-11-2-1-3-14(6-11)24-18-16(9-22-24)15(8-17(25)23-18)10-4-12(20)7-13(21)5-10/h1-7,9,15H,8H2,(H,23,25)/t15-/m1/s1. The summed E-state index contributed by atoms with van der Waals surface area (Å²) >= 11 is 6.02. The Morgan fingerprint density at radius 3 is 2.64 bits per heavy atom. The number of benzene rings is 2. The van der Waals surface area contributed by atoms with Gasteiger partial charge in [0.25, 0.3) is 0 Å². The second-order valence-electron chi connectivity index (χ2n) is 5.85. The van der Waals surface area contributed by atoms with Crippen LogP contribution in [0.25, 0.3) is 5.69 Å². The summed E-state index contributed by atoms with van der Waals surface area (Å²) in [5, 5.41) is 7.64. The van der Waals surface area contributed by atoms with Crippen molar-refractivity contribution in [2.75, 3.05) is 5.32 Å². The predicted octanol–water partition coefficient (Wildman–Crippen LogP) is 4.28. The van der Waals surface area contributed by atoms with Crippen LogP contribution in [0.1, 0.15) is 23.5 Å². The summed E-state index contributed by atoms with van der Waals surface area (Å²) in [5.74, 6) is -1.59. The Hall–Kier alpha value is -2.73. The average Bonchev–Trinajstić information content (AvgIpc) is 2.96. The van der Waals surface area contributed by atoms with Crippen LogP contribution in [0.4, 0.5) is 14.6 Å². The molecule has 126 valence electrons. The number of amides is 1. The Balaban J connectivity index is 1.84. The minimum Gasteiger partial charge on any atom is -0.310 e. The van der Waals surface area contributed by atoms with E-state index < -0.39 is 17.6 Å². The molecule has 2 heterocycles. The van der Waals surface area contributed by atoms with Crippen LogP contribution in [0.2, 0.25) is 5.02 Å². The molecule has 1 atom stereocenters. The molecule has 25 heavy (non-hydrogen) atoms. The van der Waals surface area contributed by atoms with Crippen molar-refractivity contribution >= 4 is 23.3 Å². The van der Waals surface area contributed by atoms with Crippen LogP contribution in [0, 0.1) is 11.6 Å². The Labute approximate surface area is 147 Å². The maximum atomic E-state index is 13.6. The highest BCUT2D eigenvalue weighted by Crippen LogP contribution is 2.38. The van der Waals surface area contributed by atoms with E-state index in [9.17, 15) is 13.6 Å². The molecule has 3 aromatic rings. The van der Waals surface area contributed by atoms with Gasteiger partial charge in [0.2, 0.25) is 5.91 Å². The molecule has 0 saturated heterocycles. The molecule has 7 heteroatoms. The minimum absolute atomic E-state index is 0.0944. The first-order chi connectivity index (χ1) is 12.0. The summed E-state index contributed by atoms with van der Waals surface area (Å²) < 4.78 is 28.7. The molecule has 1 N–H and O–H groups in total. The van der Waals surface area contributed by atoms with Gasteiger partial charge < -0.3 is 5.32 Å². The van der Waals surface area contributed by atoms with Crippen molar-refractivity contribution in [3.63, 3.8) is 0 Å². The summed E-state index contributed by atoms with van der Waals surface area (Å²) in [6, 6.07) is 10.3. The van der Waals surface area contributed by atoms with Crippen molar-refractivity contribution in [2.24, 2.45) is 0 Å². The smallest absolute Gasteiger partial charge is 0.226 e. The van der Waals surface area contributed by atoms with E-state index in [1.807, 2.05) is 0 Å². The Kier molecular flexibility index (Phi) is 3.77. The molecular weight excluding hydrogens is 348 g/mol. The third-order valence-corrected chi connectivity index (χ3v) is 4.40. The summed E-state index contributed by atoms with van der Waals surface area (Å²) in [7, 11) is 0. The number of carbonyl (C=O) groups excluding carboxylic acids is 1. The van der Waals surface area contributed by atoms with E-state index in [0.29, 0.717) is 27.7 Å². The molecule has 1 aliphatic rings. The van der Waals surface area contributed by atoms with Gasteiger partial charge in [-0.1, -0.05) is 17.7 Å². The van der Waals surface area contributed by atoms with Crippen LogP contribution in [-0.4, -0.2) is 15.7 Å². The first kappa shape index (κ1) is 15.8. The third kappa shape index (κ3) is 2.89. The zero-order valence-electron chi connectivity index (χ0n) is 12.8. The number of aromatic nitrogens is 2. The molecule has 0 fully saturated rings. The summed E-state index contributed by atoms with van der Waals surface area (Å²) in [4.78, 5) is 12.2. The molecule has 0 aliphatic carbocycles. The Bertz CT molecular complexity index is 966. The normalized spacial score (nSPS) is 16.4. The van der Waals surface area contributed by atoms with Crippen molar-refractivity contribution < 1.29 is 13.6 Å². The zero-order chi connectivity index (χ0) is 17.6. The highest BCUT2D eigenvalue weighted by molar-refractivity contribution is 6.30. The van der Waals surface area contributed by atoms with Crippen molar-refractivity contribution in [3.8, 4) is 5.69 Å². The van der Waals surface area contributed by atoms with E-state index in [2.05, 4.69) is 10.4 Å². The van der Waals surface area contributed by atoms with Gasteiger partial charge in [0.15, 0.2) is 0 Å². The van der Waals surface area contributed by atoms with Gasteiger partial charge in [-0.3, -0.25) is 4.79 Å². The number of carbonyl (C=O) groups is 1. The molecular formula is C18H12ClF2N3O. The van der Waals surface area contributed by atoms with E-state index in [4.69, 9.17) is 11.6 Å². The van der Waals surface area contributed by atoms with Crippen molar-refractivity contribution in [3.05, 3.63) is 76.4 Å². The highest BCUT2D eigenvalue weighted by Gasteiger charge is 2.31. The fraction of sp³-hybridized carbons (Fsp3) is 0.111. The number of anilines is 1. The van der Waals surface area contributed by atoms with Gasteiger partial charge >= 0.3 is 0 Å².